The van der Waals surface area contributed by atoms with Crippen LogP contribution in [0.25, 0.3) is 0 Å². The van der Waals surface area contributed by atoms with Gasteiger partial charge in [0.1, 0.15) is 12.0 Å². The summed E-state index contributed by atoms with van der Waals surface area (Å²) in [5.74, 6) is -0.183. The quantitative estimate of drug-likeness (QED) is 0.853. The monoisotopic (exact) mass is 223 g/mol. The van der Waals surface area contributed by atoms with Crippen molar-refractivity contribution in [2.24, 2.45) is 0 Å². The maximum absolute atomic E-state index is 11.5. The van der Waals surface area contributed by atoms with Gasteiger partial charge in [0.25, 0.3) is 5.91 Å². The smallest absolute Gasteiger partial charge is 0.271 e. The molecule has 5 nitrogen and oxygen atoms in total. The fraction of sp³-hybridized carbons (Fsp3) is 0.222. The molecule has 0 saturated carbocycles. The van der Waals surface area contributed by atoms with E-state index in [1.807, 2.05) is 6.92 Å². The number of thiazole rings is 1. The summed E-state index contributed by atoms with van der Waals surface area (Å²) in [6.07, 6.45) is 1.52. The molecule has 1 amide bonds. The molecule has 78 valence electrons. The Morgan fingerprint density at radius 2 is 2.53 bits per heavy atom. The second-order valence-corrected chi connectivity index (χ2v) is 3.70. The van der Waals surface area contributed by atoms with E-state index in [-0.39, 0.29) is 5.91 Å². The zero-order valence-electron chi connectivity index (χ0n) is 8.06. The van der Waals surface area contributed by atoms with Gasteiger partial charge in [-0.3, -0.25) is 4.79 Å². The Kier molecular flexibility index (Phi) is 2.77. The summed E-state index contributed by atoms with van der Waals surface area (Å²) in [5.41, 5.74) is 3.72. The normalized spacial score (nSPS) is 10.2. The molecule has 2 aromatic heterocycles. The van der Waals surface area contributed by atoms with Gasteiger partial charge in [-0.05, 0) is 6.92 Å². The van der Waals surface area contributed by atoms with E-state index in [9.17, 15) is 4.79 Å². The molecule has 0 radical (unpaired) electrons. The number of carbonyl (C=O) groups excluding carboxylic acids is 1. The Labute approximate surface area is 90.1 Å². The molecule has 0 aromatic carbocycles. The Morgan fingerprint density at radius 1 is 1.67 bits per heavy atom. The largest absolute Gasteiger partial charge is 0.364 e. The van der Waals surface area contributed by atoms with E-state index in [0.717, 1.165) is 11.3 Å². The highest BCUT2D eigenvalue weighted by Gasteiger charge is 2.08. The van der Waals surface area contributed by atoms with Crippen LogP contribution in [0.2, 0.25) is 0 Å². The van der Waals surface area contributed by atoms with Gasteiger partial charge in [-0.25, -0.2) is 4.98 Å². The van der Waals surface area contributed by atoms with Crippen molar-refractivity contribution >= 4 is 17.2 Å². The Hall–Kier alpha value is -1.69. The maximum Gasteiger partial charge on any atom is 0.271 e. The van der Waals surface area contributed by atoms with Crippen LogP contribution < -0.4 is 5.32 Å². The van der Waals surface area contributed by atoms with Crippen LogP contribution in [-0.4, -0.2) is 16.0 Å². The fourth-order valence-electron chi connectivity index (χ4n) is 1.07. The third-order valence-electron chi connectivity index (χ3n) is 1.95. The number of hydrogen-bond acceptors (Lipinski definition) is 5. The van der Waals surface area contributed by atoms with Crippen LogP contribution in [0.15, 0.2) is 21.7 Å². The van der Waals surface area contributed by atoms with Crippen LogP contribution in [0.1, 0.15) is 21.7 Å². The zero-order valence-corrected chi connectivity index (χ0v) is 8.87. The summed E-state index contributed by atoms with van der Waals surface area (Å²) in [6.45, 7) is 2.24. The van der Waals surface area contributed by atoms with Crippen LogP contribution in [0.3, 0.4) is 0 Å². The number of hydrogen-bond donors (Lipinski definition) is 1. The fourth-order valence-corrected chi connectivity index (χ4v) is 1.61. The molecular weight excluding hydrogens is 214 g/mol. The summed E-state index contributed by atoms with van der Waals surface area (Å²) in [4.78, 5) is 15.4. The van der Waals surface area contributed by atoms with E-state index < -0.39 is 0 Å². The van der Waals surface area contributed by atoms with Gasteiger partial charge in [-0.15, -0.1) is 11.3 Å². The van der Waals surface area contributed by atoms with Crippen molar-refractivity contribution in [1.82, 2.24) is 15.5 Å². The first-order valence-electron chi connectivity index (χ1n) is 4.33. The molecule has 2 rings (SSSR count). The molecule has 0 saturated heterocycles. The van der Waals surface area contributed by atoms with Crippen LogP contribution in [0, 0.1) is 6.92 Å². The summed E-state index contributed by atoms with van der Waals surface area (Å²) < 4.78 is 4.75. The summed E-state index contributed by atoms with van der Waals surface area (Å²) in [5, 5.41) is 8.16. The van der Waals surface area contributed by atoms with Crippen molar-refractivity contribution in [3.8, 4) is 0 Å². The number of amides is 1. The van der Waals surface area contributed by atoms with Crippen molar-refractivity contribution in [1.29, 1.82) is 0 Å². The number of nitrogens with one attached hydrogen (secondary N) is 1. The molecule has 0 unspecified atom stereocenters. The van der Waals surface area contributed by atoms with Crippen LogP contribution in [0.4, 0.5) is 0 Å². The molecular formula is C9H9N3O2S. The molecule has 0 spiro atoms. The zero-order chi connectivity index (χ0) is 10.7. The molecule has 2 heterocycles. The molecule has 2 aromatic rings. The highest BCUT2D eigenvalue weighted by Crippen LogP contribution is 2.05. The standard InChI is InChI=1S/C9H9N3O2S/c1-6-7(3-14-12-6)2-10-9(13)8-4-15-5-11-8/h3-5H,2H2,1H3,(H,10,13). The average molecular weight is 223 g/mol. The SMILES string of the molecule is Cc1nocc1CNC(=O)c1cscn1. The third kappa shape index (κ3) is 2.21. The van der Waals surface area contributed by atoms with Crippen molar-refractivity contribution in [3.63, 3.8) is 0 Å². The van der Waals surface area contributed by atoms with Gasteiger partial charge in [-0.1, -0.05) is 5.16 Å². The molecule has 0 aliphatic heterocycles. The van der Waals surface area contributed by atoms with Crippen LogP contribution in [0.5, 0.6) is 0 Å². The molecule has 0 aliphatic carbocycles. The summed E-state index contributed by atoms with van der Waals surface area (Å²) in [7, 11) is 0. The van der Waals surface area contributed by atoms with Crippen molar-refractivity contribution in [2.75, 3.05) is 0 Å². The van der Waals surface area contributed by atoms with Crippen molar-refractivity contribution in [3.05, 3.63) is 34.1 Å². The lowest BCUT2D eigenvalue weighted by Crippen LogP contribution is -2.23. The number of nitrogens with zero attached hydrogens (tertiary/aromatic N) is 2. The minimum absolute atomic E-state index is 0.183. The van der Waals surface area contributed by atoms with Gasteiger partial charge < -0.3 is 9.84 Å². The molecule has 0 bridgehead atoms. The van der Waals surface area contributed by atoms with Gasteiger partial charge in [0.2, 0.25) is 0 Å². The van der Waals surface area contributed by atoms with Crippen LogP contribution >= 0.6 is 11.3 Å². The molecule has 15 heavy (non-hydrogen) atoms. The van der Waals surface area contributed by atoms with Crippen LogP contribution in [-0.2, 0) is 6.54 Å². The van der Waals surface area contributed by atoms with E-state index in [0.29, 0.717) is 12.2 Å². The molecule has 6 heteroatoms. The first-order chi connectivity index (χ1) is 7.27. The maximum atomic E-state index is 11.5. The van der Waals surface area contributed by atoms with E-state index in [4.69, 9.17) is 4.52 Å². The van der Waals surface area contributed by atoms with Crippen molar-refractivity contribution in [2.45, 2.75) is 13.5 Å². The minimum atomic E-state index is -0.183. The highest BCUT2D eigenvalue weighted by atomic mass is 32.1. The van der Waals surface area contributed by atoms with Gasteiger partial charge in [-0.2, -0.15) is 0 Å². The van der Waals surface area contributed by atoms with E-state index >= 15 is 0 Å². The van der Waals surface area contributed by atoms with Gasteiger partial charge >= 0.3 is 0 Å². The Balaban J connectivity index is 1.95. The van der Waals surface area contributed by atoms with Gasteiger partial charge in [0.05, 0.1) is 11.2 Å². The number of carbonyl (C=O) groups is 1. The van der Waals surface area contributed by atoms with Gasteiger partial charge in [0.15, 0.2) is 0 Å². The molecule has 0 aliphatic rings. The topological polar surface area (TPSA) is 68.0 Å². The van der Waals surface area contributed by atoms with E-state index in [1.54, 1.807) is 10.9 Å². The minimum Gasteiger partial charge on any atom is -0.364 e. The Morgan fingerprint density at radius 3 is 3.13 bits per heavy atom. The lowest BCUT2D eigenvalue weighted by molar-refractivity contribution is 0.0946. The molecule has 0 atom stereocenters. The number of rotatable bonds is 3. The molecule has 1 N–H and O–H groups in total. The lowest BCUT2D eigenvalue weighted by Gasteiger charge is -2.00. The average Bonchev–Trinajstić information content (AvgIpc) is 2.85. The summed E-state index contributed by atoms with van der Waals surface area (Å²) in [6, 6.07) is 0. The predicted octanol–water partition coefficient (Wildman–Crippen LogP) is 1.37. The third-order valence-corrected chi connectivity index (χ3v) is 2.54. The first-order valence-corrected chi connectivity index (χ1v) is 5.28. The van der Waals surface area contributed by atoms with E-state index in [2.05, 4.69) is 15.5 Å². The second-order valence-electron chi connectivity index (χ2n) is 2.98. The lowest BCUT2D eigenvalue weighted by atomic mass is 10.2. The Bertz CT molecular complexity index is 450. The van der Waals surface area contributed by atoms with E-state index in [1.165, 1.54) is 17.6 Å². The highest BCUT2D eigenvalue weighted by molar-refractivity contribution is 7.07. The van der Waals surface area contributed by atoms with Gasteiger partial charge in [0, 0.05) is 17.5 Å². The first kappa shape index (κ1) is 9.85. The number of aryl methyl sites for hydroxylation is 1. The second kappa shape index (κ2) is 4.22. The predicted molar refractivity (Wildman–Crippen MR) is 54.5 cm³/mol. The summed E-state index contributed by atoms with van der Waals surface area (Å²) >= 11 is 1.39. The number of aromatic nitrogens is 2. The molecule has 0 fully saturated rings. The van der Waals surface area contributed by atoms with Crippen molar-refractivity contribution < 1.29 is 9.32 Å².